The number of rotatable bonds is 1. The van der Waals surface area contributed by atoms with Crippen LogP contribution in [0.5, 0.6) is 0 Å². The predicted octanol–water partition coefficient (Wildman–Crippen LogP) is 3.72. The normalized spacial score (nSPS) is 7.15. The fourth-order valence-electron chi connectivity index (χ4n) is 0.580. The molecule has 1 aromatic carbocycles. The van der Waals surface area contributed by atoms with Crippen molar-refractivity contribution in [3.8, 4) is 0 Å². The summed E-state index contributed by atoms with van der Waals surface area (Å²) >= 11 is 9.09. The Morgan fingerprint density at radius 2 is 1.85 bits per heavy atom. The highest BCUT2D eigenvalue weighted by Crippen LogP contribution is 2.08. The summed E-state index contributed by atoms with van der Waals surface area (Å²) in [6, 6.07) is 6.80. The topological polar surface area (TPSA) is 17.1 Å². The van der Waals surface area contributed by atoms with Crippen LogP contribution < -0.4 is 0 Å². The number of carbonyl (C=O) groups is 1. The van der Waals surface area contributed by atoms with Gasteiger partial charge < -0.3 is 0 Å². The van der Waals surface area contributed by atoms with Crippen molar-refractivity contribution in [2.45, 2.75) is 13.8 Å². The van der Waals surface area contributed by atoms with Gasteiger partial charge in [0.05, 0.1) is 0 Å². The van der Waals surface area contributed by atoms with Gasteiger partial charge in [0.1, 0.15) is 6.29 Å². The smallest absolute Gasteiger partial charge is 0.150 e. The molecule has 1 nitrogen and oxygen atoms in total. The number of benzene rings is 1. The first-order valence-corrected chi connectivity index (χ1v) is 5.25. The Bertz CT molecular complexity index is 226. The molecular weight excluding hydrogens is 204 g/mol. The maximum absolute atomic E-state index is 10.1. The predicted molar refractivity (Wildman–Crippen MR) is 63.1 cm³/mol. The first kappa shape index (κ1) is 15.0. The minimum Gasteiger partial charge on any atom is -0.298 e. The molecule has 13 heavy (non-hydrogen) atoms. The summed E-state index contributed by atoms with van der Waals surface area (Å²) in [6.07, 6.45) is 2.46. The van der Waals surface area contributed by atoms with Crippen LogP contribution in [0, 0.1) is 0 Å². The van der Waals surface area contributed by atoms with Gasteiger partial charge in [0, 0.05) is 10.6 Å². The van der Waals surface area contributed by atoms with E-state index in [4.69, 9.17) is 11.6 Å². The zero-order chi connectivity index (χ0) is 10.7. The van der Waals surface area contributed by atoms with Gasteiger partial charge in [-0.1, -0.05) is 37.6 Å². The van der Waals surface area contributed by atoms with E-state index in [0.29, 0.717) is 10.6 Å². The molecule has 3 heteroatoms. The summed E-state index contributed by atoms with van der Waals surface area (Å²) in [5.41, 5.74) is 0.613. The molecule has 1 rings (SSSR count). The van der Waals surface area contributed by atoms with Crippen molar-refractivity contribution in [2.75, 3.05) is 6.26 Å². The van der Waals surface area contributed by atoms with Gasteiger partial charge in [-0.05, 0) is 18.4 Å². The van der Waals surface area contributed by atoms with Crippen LogP contribution in [0.3, 0.4) is 0 Å². The van der Waals surface area contributed by atoms with Crippen molar-refractivity contribution in [2.24, 2.45) is 0 Å². The van der Waals surface area contributed by atoms with E-state index in [1.165, 1.54) is 0 Å². The van der Waals surface area contributed by atoms with E-state index < -0.39 is 0 Å². The van der Waals surface area contributed by atoms with Gasteiger partial charge in [0.25, 0.3) is 0 Å². The lowest BCUT2D eigenvalue weighted by atomic mass is 10.2. The van der Waals surface area contributed by atoms with Crippen LogP contribution in [-0.4, -0.2) is 12.5 Å². The summed E-state index contributed by atoms with van der Waals surface area (Å²) in [5, 5.41) is 0.597. The number of hydrogen-bond donors (Lipinski definition) is 1. The van der Waals surface area contributed by atoms with Gasteiger partial charge in [0.2, 0.25) is 0 Å². The Labute approximate surface area is 90.5 Å². The Morgan fingerprint density at radius 1 is 1.31 bits per heavy atom. The lowest BCUT2D eigenvalue weighted by Crippen LogP contribution is -1.75. The van der Waals surface area contributed by atoms with E-state index >= 15 is 0 Å². The molecule has 0 bridgehead atoms. The molecule has 0 heterocycles. The number of thiol groups is 1. The van der Waals surface area contributed by atoms with Crippen molar-refractivity contribution < 1.29 is 4.79 Å². The molecule has 74 valence electrons. The first-order chi connectivity index (χ1) is 6.33. The molecule has 0 atom stereocenters. The third-order valence-corrected chi connectivity index (χ3v) is 1.22. The summed E-state index contributed by atoms with van der Waals surface area (Å²) in [6.45, 7) is 4.00. The number of halogens is 1. The van der Waals surface area contributed by atoms with E-state index in [-0.39, 0.29) is 0 Å². The van der Waals surface area contributed by atoms with Crippen LogP contribution in [0.2, 0.25) is 5.02 Å². The van der Waals surface area contributed by atoms with Crippen molar-refractivity contribution in [1.82, 2.24) is 0 Å². The minimum absolute atomic E-state index is 0.597. The van der Waals surface area contributed by atoms with Gasteiger partial charge in [-0.15, -0.1) is 0 Å². The second-order valence-corrected chi connectivity index (χ2v) is 2.11. The Kier molecular flexibility index (Phi) is 13.3. The molecule has 0 fully saturated rings. The second-order valence-electron chi connectivity index (χ2n) is 1.67. The molecule has 0 saturated carbocycles. The first-order valence-electron chi connectivity index (χ1n) is 3.98. The van der Waals surface area contributed by atoms with Gasteiger partial charge in [-0.2, -0.15) is 12.6 Å². The highest BCUT2D eigenvalue weighted by Gasteiger charge is 1.87. The van der Waals surface area contributed by atoms with Gasteiger partial charge >= 0.3 is 0 Å². The molecule has 0 aliphatic rings. The van der Waals surface area contributed by atoms with Gasteiger partial charge in [0.15, 0.2) is 0 Å². The maximum Gasteiger partial charge on any atom is 0.150 e. The summed E-state index contributed by atoms with van der Waals surface area (Å²) < 4.78 is 0. The van der Waals surface area contributed by atoms with Crippen LogP contribution in [0.4, 0.5) is 0 Å². The van der Waals surface area contributed by atoms with Crippen LogP contribution in [0.1, 0.15) is 24.2 Å². The lowest BCUT2D eigenvalue weighted by Gasteiger charge is -1.88. The average molecular weight is 219 g/mol. The summed E-state index contributed by atoms with van der Waals surface area (Å²) in [5.74, 6) is 0. The van der Waals surface area contributed by atoms with Crippen molar-refractivity contribution >= 4 is 30.5 Å². The fraction of sp³-hybridized carbons (Fsp3) is 0.300. The second kappa shape index (κ2) is 11.5. The van der Waals surface area contributed by atoms with E-state index in [0.717, 1.165) is 6.29 Å². The third-order valence-electron chi connectivity index (χ3n) is 0.985. The Balaban J connectivity index is 0. The van der Waals surface area contributed by atoms with Crippen molar-refractivity contribution in [3.05, 3.63) is 34.9 Å². The molecule has 0 radical (unpaired) electrons. The van der Waals surface area contributed by atoms with Crippen molar-refractivity contribution in [1.29, 1.82) is 0 Å². The molecule has 0 amide bonds. The monoisotopic (exact) mass is 218 g/mol. The molecule has 0 spiro atoms. The van der Waals surface area contributed by atoms with Crippen molar-refractivity contribution in [3.63, 3.8) is 0 Å². The molecule has 0 aliphatic heterocycles. The Morgan fingerprint density at radius 3 is 2.15 bits per heavy atom. The molecular formula is C10H15ClOS. The number of aldehydes is 1. The van der Waals surface area contributed by atoms with Crippen LogP contribution in [0.15, 0.2) is 24.3 Å². The largest absolute Gasteiger partial charge is 0.298 e. The maximum atomic E-state index is 10.1. The number of carbonyl (C=O) groups excluding carboxylic acids is 1. The standard InChI is InChI=1S/C7H5ClO.C2H6.CH4S/c8-7-3-1-2-6(4-7)5-9;2*1-2/h1-5H;1-2H3;2H,1H3. The van der Waals surface area contributed by atoms with E-state index in [9.17, 15) is 4.79 Å². The molecule has 1 aromatic rings. The molecule has 0 aromatic heterocycles. The molecule has 0 unspecified atom stereocenters. The van der Waals surface area contributed by atoms with Gasteiger partial charge in [-0.25, -0.2) is 0 Å². The minimum atomic E-state index is 0.597. The van der Waals surface area contributed by atoms with E-state index in [1.807, 2.05) is 13.8 Å². The average Bonchev–Trinajstić information content (AvgIpc) is 2.24. The summed E-state index contributed by atoms with van der Waals surface area (Å²) in [4.78, 5) is 10.1. The zero-order valence-corrected chi connectivity index (χ0v) is 9.77. The quantitative estimate of drug-likeness (QED) is 0.562. The van der Waals surface area contributed by atoms with Crippen LogP contribution in [-0.2, 0) is 0 Å². The summed E-state index contributed by atoms with van der Waals surface area (Å²) in [7, 11) is 0. The van der Waals surface area contributed by atoms with E-state index in [2.05, 4.69) is 12.6 Å². The highest BCUT2D eigenvalue weighted by atomic mass is 35.5. The number of hydrogen-bond acceptors (Lipinski definition) is 2. The van der Waals surface area contributed by atoms with E-state index in [1.54, 1.807) is 30.5 Å². The molecule has 0 aliphatic carbocycles. The SMILES string of the molecule is CC.CS.O=Cc1cccc(Cl)c1. The highest BCUT2D eigenvalue weighted by molar-refractivity contribution is 7.79. The van der Waals surface area contributed by atoms with Gasteiger partial charge in [-0.3, -0.25) is 4.79 Å². The van der Waals surface area contributed by atoms with Crippen LogP contribution >= 0.6 is 24.2 Å². The molecule has 0 N–H and O–H groups in total. The van der Waals surface area contributed by atoms with Crippen LogP contribution in [0.25, 0.3) is 0 Å². The Hall–Kier alpha value is -0.470. The third kappa shape index (κ3) is 7.88. The molecule has 0 saturated heterocycles. The lowest BCUT2D eigenvalue weighted by molar-refractivity contribution is 0.112. The fourth-order valence-corrected chi connectivity index (χ4v) is 0.779. The zero-order valence-electron chi connectivity index (χ0n) is 8.12.